The van der Waals surface area contributed by atoms with Gasteiger partial charge in [0.1, 0.15) is 11.9 Å². The van der Waals surface area contributed by atoms with Crippen molar-refractivity contribution in [3.05, 3.63) is 23.5 Å². The molecule has 0 saturated carbocycles. The molecule has 0 fully saturated rings. The molecule has 0 aliphatic rings. The molecule has 1 atom stereocenters. The molecular weight excluding hydrogens is 192 g/mol. The highest BCUT2D eigenvalue weighted by atomic mass is 16.7. The van der Waals surface area contributed by atoms with Crippen LogP contribution in [0.3, 0.4) is 0 Å². The number of rotatable bonds is 7. The van der Waals surface area contributed by atoms with Gasteiger partial charge in [-0.1, -0.05) is 18.6 Å². The molecule has 88 valence electrons. The molecular formula is C12H22O3. The van der Waals surface area contributed by atoms with E-state index in [1.165, 1.54) is 5.57 Å². The average molecular weight is 214 g/mol. The molecule has 0 N–H and O–H groups in total. The topological polar surface area (TPSA) is 27.7 Å². The first-order chi connectivity index (χ1) is 7.15. The molecule has 0 aliphatic heterocycles. The van der Waals surface area contributed by atoms with Crippen molar-refractivity contribution in [3.8, 4) is 0 Å². The van der Waals surface area contributed by atoms with Crippen LogP contribution in [0.25, 0.3) is 0 Å². The van der Waals surface area contributed by atoms with Gasteiger partial charge in [-0.2, -0.15) is 0 Å². The molecule has 15 heavy (non-hydrogen) atoms. The summed E-state index contributed by atoms with van der Waals surface area (Å²) >= 11 is 0. The van der Waals surface area contributed by atoms with Crippen LogP contribution in [0.4, 0.5) is 0 Å². The lowest BCUT2D eigenvalue weighted by molar-refractivity contribution is -0.0234. The van der Waals surface area contributed by atoms with Gasteiger partial charge >= 0.3 is 0 Å². The van der Waals surface area contributed by atoms with E-state index in [2.05, 4.69) is 13.0 Å². The maximum absolute atomic E-state index is 5.43. The SMILES string of the molecule is CC/C=C(C)\C=C(\OCOC)C(C)OC. The van der Waals surface area contributed by atoms with Crippen LogP contribution in [0, 0.1) is 0 Å². The van der Waals surface area contributed by atoms with Gasteiger partial charge in [-0.25, -0.2) is 0 Å². The minimum atomic E-state index is -0.0552. The molecule has 0 heterocycles. The molecule has 0 radical (unpaired) electrons. The van der Waals surface area contributed by atoms with E-state index in [1.54, 1.807) is 14.2 Å². The summed E-state index contributed by atoms with van der Waals surface area (Å²) < 4.78 is 15.5. The van der Waals surface area contributed by atoms with Crippen molar-refractivity contribution >= 4 is 0 Å². The summed E-state index contributed by atoms with van der Waals surface area (Å²) in [5.41, 5.74) is 1.17. The summed E-state index contributed by atoms with van der Waals surface area (Å²) in [6.07, 6.45) is 5.08. The first-order valence-corrected chi connectivity index (χ1v) is 5.18. The molecule has 0 saturated heterocycles. The molecule has 3 heteroatoms. The van der Waals surface area contributed by atoms with E-state index >= 15 is 0 Å². The van der Waals surface area contributed by atoms with Crippen molar-refractivity contribution in [3.63, 3.8) is 0 Å². The Morgan fingerprint density at radius 3 is 2.47 bits per heavy atom. The quantitative estimate of drug-likeness (QED) is 0.370. The Morgan fingerprint density at radius 1 is 1.33 bits per heavy atom. The number of hydrogen-bond donors (Lipinski definition) is 0. The third kappa shape index (κ3) is 6.31. The second-order valence-corrected chi connectivity index (χ2v) is 3.33. The minimum Gasteiger partial charge on any atom is -0.469 e. The van der Waals surface area contributed by atoms with Gasteiger partial charge in [0.15, 0.2) is 6.79 Å². The smallest absolute Gasteiger partial charge is 0.188 e. The van der Waals surface area contributed by atoms with Crippen LogP contribution < -0.4 is 0 Å². The van der Waals surface area contributed by atoms with Crippen molar-refractivity contribution in [1.29, 1.82) is 0 Å². The Morgan fingerprint density at radius 2 is 2.00 bits per heavy atom. The van der Waals surface area contributed by atoms with Crippen LogP contribution in [0.5, 0.6) is 0 Å². The summed E-state index contributed by atoms with van der Waals surface area (Å²) in [4.78, 5) is 0. The molecule has 0 aromatic rings. The van der Waals surface area contributed by atoms with E-state index in [4.69, 9.17) is 14.2 Å². The predicted molar refractivity (Wildman–Crippen MR) is 61.6 cm³/mol. The normalized spacial score (nSPS) is 15.3. The molecule has 0 bridgehead atoms. The average Bonchev–Trinajstić information content (AvgIpc) is 2.23. The Bertz CT molecular complexity index is 219. The summed E-state index contributed by atoms with van der Waals surface area (Å²) in [7, 11) is 3.26. The molecule has 0 amide bonds. The second-order valence-electron chi connectivity index (χ2n) is 3.33. The lowest BCUT2D eigenvalue weighted by Gasteiger charge is -2.15. The van der Waals surface area contributed by atoms with Crippen molar-refractivity contribution < 1.29 is 14.2 Å². The summed E-state index contributed by atoms with van der Waals surface area (Å²) in [6, 6.07) is 0. The Hall–Kier alpha value is -0.800. The van der Waals surface area contributed by atoms with Gasteiger partial charge in [0.05, 0.1) is 0 Å². The largest absolute Gasteiger partial charge is 0.469 e. The van der Waals surface area contributed by atoms with Gasteiger partial charge in [-0.3, -0.25) is 0 Å². The van der Waals surface area contributed by atoms with Crippen molar-refractivity contribution in [2.45, 2.75) is 33.3 Å². The van der Waals surface area contributed by atoms with Gasteiger partial charge in [0, 0.05) is 14.2 Å². The van der Waals surface area contributed by atoms with Crippen LogP contribution in [-0.4, -0.2) is 27.1 Å². The highest BCUT2D eigenvalue weighted by Crippen LogP contribution is 2.11. The third-order valence-corrected chi connectivity index (χ3v) is 1.99. The lowest BCUT2D eigenvalue weighted by Crippen LogP contribution is -2.13. The Kier molecular flexibility index (Phi) is 8.05. The molecule has 0 aromatic carbocycles. The lowest BCUT2D eigenvalue weighted by atomic mass is 10.2. The number of methoxy groups -OCH3 is 2. The van der Waals surface area contributed by atoms with Crippen molar-refractivity contribution in [2.24, 2.45) is 0 Å². The monoisotopic (exact) mass is 214 g/mol. The predicted octanol–water partition coefficient (Wildman–Crippen LogP) is 2.88. The molecule has 0 spiro atoms. The number of allylic oxidation sites excluding steroid dienone is 3. The standard InChI is InChI=1S/C12H22O3/c1-6-7-10(2)8-12(11(3)14-5)15-9-13-4/h7-8,11H,6,9H2,1-5H3/b10-7-,12-8+. The van der Waals surface area contributed by atoms with Gasteiger partial charge in [-0.05, 0) is 26.3 Å². The van der Waals surface area contributed by atoms with Crippen LogP contribution in [0.2, 0.25) is 0 Å². The number of hydrogen-bond acceptors (Lipinski definition) is 3. The van der Waals surface area contributed by atoms with E-state index in [1.807, 2.05) is 19.9 Å². The Labute approximate surface area is 92.7 Å². The minimum absolute atomic E-state index is 0.0552. The van der Waals surface area contributed by atoms with Crippen LogP contribution in [0.1, 0.15) is 27.2 Å². The van der Waals surface area contributed by atoms with Gasteiger partial charge in [0.2, 0.25) is 0 Å². The molecule has 0 aliphatic carbocycles. The fourth-order valence-corrected chi connectivity index (χ4v) is 1.12. The van der Waals surface area contributed by atoms with E-state index in [0.717, 1.165) is 12.2 Å². The van der Waals surface area contributed by atoms with Crippen LogP contribution in [0.15, 0.2) is 23.5 Å². The second kappa shape index (κ2) is 8.50. The zero-order valence-electron chi connectivity index (χ0n) is 10.4. The fourth-order valence-electron chi connectivity index (χ4n) is 1.12. The number of ether oxygens (including phenoxy) is 3. The molecule has 3 nitrogen and oxygen atoms in total. The first-order valence-electron chi connectivity index (χ1n) is 5.18. The zero-order chi connectivity index (χ0) is 11.7. The zero-order valence-corrected chi connectivity index (χ0v) is 10.4. The van der Waals surface area contributed by atoms with E-state index in [0.29, 0.717) is 0 Å². The highest BCUT2D eigenvalue weighted by Gasteiger charge is 2.08. The maximum atomic E-state index is 5.43. The van der Waals surface area contributed by atoms with Gasteiger partial charge in [-0.15, -0.1) is 0 Å². The summed E-state index contributed by atoms with van der Waals surface area (Å²) in [5, 5.41) is 0. The molecule has 0 rings (SSSR count). The Balaban J connectivity index is 4.52. The highest BCUT2D eigenvalue weighted by molar-refractivity contribution is 5.20. The van der Waals surface area contributed by atoms with Gasteiger partial charge < -0.3 is 14.2 Å². The fraction of sp³-hybridized carbons (Fsp3) is 0.667. The van der Waals surface area contributed by atoms with E-state index in [9.17, 15) is 0 Å². The third-order valence-electron chi connectivity index (χ3n) is 1.99. The van der Waals surface area contributed by atoms with E-state index in [-0.39, 0.29) is 12.9 Å². The van der Waals surface area contributed by atoms with Crippen LogP contribution in [-0.2, 0) is 14.2 Å². The van der Waals surface area contributed by atoms with Crippen molar-refractivity contribution in [1.82, 2.24) is 0 Å². The summed E-state index contributed by atoms with van der Waals surface area (Å²) in [5.74, 6) is 0.793. The molecule has 1 unspecified atom stereocenters. The summed E-state index contributed by atoms with van der Waals surface area (Å²) in [6.45, 7) is 6.34. The maximum Gasteiger partial charge on any atom is 0.188 e. The van der Waals surface area contributed by atoms with Gasteiger partial charge in [0.25, 0.3) is 0 Å². The van der Waals surface area contributed by atoms with Crippen LogP contribution >= 0.6 is 0 Å². The van der Waals surface area contributed by atoms with Crippen molar-refractivity contribution in [2.75, 3.05) is 21.0 Å². The molecule has 0 aromatic heterocycles. The first kappa shape index (κ1) is 14.2. The van der Waals surface area contributed by atoms with E-state index < -0.39 is 0 Å².